The average molecular weight is 240 g/mol. The molecule has 1 N–H and O–H groups in total. The van der Waals surface area contributed by atoms with E-state index in [4.69, 9.17) is 11.6 Å². The quantitative estimate of drug-likeness (QED) is 0.858. The number of likely N-dealkylation sites (tertiary alicyclic amines) is 1. The number of aliphatic hydroxyl groups excluding tert-OH is 1. The first-order valence-electron chi connectivity index (χ1n) is 5.31. The third-order valence-corrected chi connectivity index (χ3v) is 3.31. The van der Waals surface area contributed by atoms with Crippen LogP contribution in [0.15, 0.2) is 24.3 Å². The predicted molar refractivity (Wildman–Crippen MR) is 62.2 cm³/mol. The number of rotatable bonds is 2. The molecule has 16 heavy (non-hydrogen) atoms. The minimum absolute atomic E-state index is 0.0140. The number of hydrogen-bond acceptors (Lipinski definition) is 2. The van der Waals surface area contributed by atoms with Crippen LogP contribution in [-0.2, 0) is 4.79 Å². The number of amides is 1. The highest BCUT2D eigenvalue weighted by Gasteiger charge is 2.32. The molecule has 2 atom stereocenters. The Morgan fingerprint density at radius 3 is 2.75 bits per heavy atom. The van der Waals surface area contributed by atoms with Crippen LogP contribution in [0.3, 0.4) is 0 Å². The van der Waals surface area contributed by atoms with Gasteiger partial charge in [-0.25, -0.2) is 0 Å². The highest BCUT2D eigenvalue weighted by Crippen LogP contribution is 2.30. The van der Waals surface area contributed by atoms with E-state index in [9.17, 15) is 9.90 Å². The van der Waals surface area contributed by atoms with Gasteiger partial charge in [0, 0.05) is 11.6 Å². The van der Waals surface area contributed by atoms with Gasteiger partial charge in [-0.2, -0.15) is 0 Å². The molecule has 1 aromatic rings. The summed E-state index contributed by atoms with van der Waals surface area (Å²) < 4.78 is 0. The molecular formula is C12H14ClNO2. The Balaban J connectivity index is 2.23. The normalized spacial score (nSPS) is 22.6. The van der Waals surface area contributed by atoms with Crippen molar-refractivity contribution in [2.24, 2.45) is 0 Å². The minimum Gasteiger partial charge on any atom is -0.391 e. The summed E-state index contributed by atoms with van der Waals surface area (Å²) >= 11 is 6.08. The van der Waals surface area contributed by atoms with Crippen molar-refractivity contribution in [3.8, 4) is 0 Å². The summed E-state index contributed by atoms with van der Waals surface area (Å²) in [6, 6.07) is 7.39. The number of benzene rings is 1. The van der Waals surface area contributed by atoms with Gasteiger partial charge in [0.15, 0.2) is 0 Å². The van der Waals surface area contributed by atoms with Crippen molar-refractivity contribution >= 4 is 17.5 Å². The number of carbonyl (C=O) groups excluding carboxylic acids is 1. The average Bonchev–Trinajstić information content (AvgIpc) is 2.58. The molecule has 4 heteroatoms. The number of β-amino-alcohol motifs (C(OH)–C–C–N with tert-alkyl or cyclic N) is 1. The van der Waals surface area contributed by atoms with Gasteiger partial charge >= 0.3 is 0 Å². The SMILES string of the molecule is CC(c1ccccc1Cl)N1CC(O)CC1=O. The lowest BCUT2D eigenvalue weighted by Gasteiger charge is -2.25. The van der Waals surface area contributed by atoms with Crippen molar-refractivity contribution in [1.29, 1.82) is 0 Å². The van der Waals surface area contributed by atoms with E-state index in [0.717, 1.165) is 5.56 Å². The smallest absolute Gasteiger partial charge is 0.225 e. The Bertz CT molecular complexity index is 408. The van der Waals surface area contributed by atoms with Crippen LogP contribution >= 0.6 is 11.6 Å². The molecule has 1 fully saturated rings. The Hall–Kier alpha value is -1.06. The summed E-state index contributed by atoms with van der Waals surface area (Å²) in [6.45, 7) is 2.32. The van der Waals surface area contributed by atoms with Gasteiger partial charge < -0.3 is 10.0 Å². The molecule has 1 amide bonds. The zero-order valence-electron chi connectivity index (χ0n) is 9.06. The van der Waals surface area contributed by atoms with Gasteiger partial charge in [-0.1, -0.05) is 29.8 Å². The molecule has 0 bridgehead atoms. The highest BCUT2D eigenvalue weighted by molar-refractivity contribution is 6.31. The van der Waals surface area contributed by atoms with Gasteiger partial charge in [-0.05, 0) is 18.6 Å². The Morgan fingerprint density at radius 2 is 2.19 bits per heavy atom. The summed E-state index contributed by atoms with van der Waals surface area (Å²) in [5.74, 6) is -0.0140. The summed E-state index contributed by atoms with van der Waals surface area (Å²) in [7, 11) is 0. The van der Waals surface area contributed by atoms with E-state index in [1.165, 1.54) is 0 Å². The third kappa shape index (κ3) is 2.06. The first-order valence-corrected chi connectivity index (χ1v) is 5.69. The lowest BCUT2D eigenvalue weighted by atomic mass is 10.1. The second kappa shape index (κ2) is 4.44. The second-order valence-corrected chi connectivity index (χ2v) is 4.51. The van der Waals surface area contributed by atoms with Crippen LogP contribution in [0.25, 0.3) is 0 Å². The highest BCUT2D eigenvalue weighted by atomic mass is 35.5. The number of hydrogen-bond donors (Lipinski definition) is 1. The van der Waals surface area contributed by atoms with Gasteiger partial charge in [0.1, 0.15) is 0 Å². The topological polar surface area (TPSA) is 40.5 Å². The molecule has 2 rings (SSSR count). The van der Waals surface area contributed by atoms with Gasteiger partial charge in [0.25, 0.3) is 0 Å². The van der Waals surface area contributed by atoms with E-state index in [0.29, 0.717) is 11.6 Å². The maximum atomic E-state index is 11.6. The van der Waals surface area contributed by atoms with Crippen LogP contribution in [0, 0.1) is 0 Å². The van der Waals surface area contributed by atoms with Crippen molar-refractivity contribution in [1.82, 2.24) is 4.90 Å². The molecule has 2 unspecified atom stereocenters. The van der Waals surface area contributed by atoms with Crippen molar-refractivity contribution in [3.05, 3.63) is 34.9 Å². The molecule has 1 saturated heterocycles. The zero-order chi connectivity index (χ0) is 11.7. The molecule has 1 aromatic carbocycles. The molecule has 3 nitrogen and oxygen atoms in total. The first-order chi connectivity index (χ1) is 7.59. The van der Waals surface area contributed by atoms with Crippen LogP contribution < -0.4 is 0 Å². The molecular weight excluding hydrogens is 226 g/mol. The third-order valence-electron chi connectivity index (χ3n) is 2.96. The fourth-order valence-corrected chi connectivity index (χ4v) is 2.36. The Labute approximate surface area is 99.6 Å². The van der Waals surface area contributed by atoms with E-state index >= 15 is 0 Å². The molecule has 1 aliphatic heterocycles. The summed E-state index contributed by atoms with van der Waals surface area (Å²) in [5.41, 5.74) is 0.923. The van der Waals surface area contributed by atoms with Crippen molar-refractivity contribution in [2.45, 2.75) is 25.5 Å². The van der Waals surface area contributed by atoms with Gasteiger partial charge in [0.2, 0.25) is 5.91 Å². The molecule has 86 valence electrons. The van der Waals surface area contributed by atoms with E-state index in [-0.39, 0.29) is 18.4 Å². The van der Waals surface area contributed by atoms with Crippen LogP contribution in [0.5, 0.6) is 0 Å². The summed E-state index contributed by atoms with van der Waals surface area (Å²) in [4.78, 5) is 13.3. The van der Waals surface area contributed by atoms with E-state index < -0.39 is 6.10 Å². The summed E-state index contributed by atoms with van der Waals surface area (Å²) in [6.07, 6.45) is -0.327. The number of aliphatic hydroxyl groups is 1. The molecule has 0 radical (unpaired) electrons. The van der Waals surface area contributed by atoms with Crippen LogP contribution in [0.1, 0.15) is 24.9 Å². The zero-order valence-corrected chi connectivity index (χ0v) is 9.81. The number of nitrogens with zero attached hydrogens (tertiary/aromatic N) is 1. The second-order valence-electron chi connectivity index (χ2n) is 4.10. The molecule has 0 aliphatic carbocycles. The molecule has 0 spiro atoms. The number of halogens is 1. The first kappa shape index (κ1) is 11.4. The Morgan fingerprint density at radius 1 is 1.50 bits per heavy atom. The summed E-state index contributed by atoms with van der Waals surface area (Å²) in [5, 5.41) is 10.1. The van der Waals surface area contributed by atoms with E-state index in [1.54, 1.807) is 4.90 Å². The van der Waals surface area contributed by atoms with E-state index in [1.807, 2.05) is 31.2 Å². The minimum atomic E-state index is -0.544. The van der Waals surface area contributed by atoms with Gasteiger partial charge in [-0.15, -0.1) is 0 Å². The van der Waals surface area contributed by atoms with Crippen molar-refractivity contribution in [3.63, 3.8) is 0 Å². The van der Waals surface area contributed by atoms with Crippen LogP contribution in [0.4, 0.5) is 0 Å². The number of carbonyl (C=O) groups is 1. The molecule has 0 saturated carbocycles. The van der Waals surface area contributed by atoms with Crippen molar-refractivity contribution in [2.75, 3.05) is 6.54 Å². The predicted octanol–water partition coefficient (Wildman–Crippen LogP) is 1.99. The van der Waals surface area contributed by atoms with Crippen LogP contribution in [-0.4, -0.2) is 28.6 Å². The van der Waals surface area contributed by atoms with Crippen molar-refractivity contribution < 1.29 is 9.90 Å². The molecule has 0 aromatic heterocycles. The fraction of sp³-hybridized carbons (Fsp3) is 0.417. The maximum Gasteiger partial charge on any atom is 0.225 e. The lowest BCUT2D eigenvalue weighted by Crippen LogP contribution is -2.29. The largest absolute Gasteiger partial charge is 0.391 e. The van der Waals surface area contributed by atoms with E-state index in [2.05, 4.69) is 0 Å². The van der Waals surface area contributed by atoms with Gasteiger partial charge in [-0.3, -0.25) is 4.79 Å². The Kier molecular flexibility index (Phi) is 3.17. The van der Waals surface area contributed by atoms with Gasteiger partial charge in [0.05, 0.1) is 18.6 Å². The lowest BCUT2D eigenvalue weighted by molar-refractivity contribution is -0.129. The van der Waals surface area contributed by atoms with Crippen LogP contribution in [0.2, 0.25) is 5.02 Å². The maximum absolute atomic E-state index is 11.6. The monoisotopic (exact) mass is 239 g/mol. The molecule has 1 aliphatic rings. The standard InChI is InChI=1S/C12H14ClNO2/c1-8(10-4-2-3-5-11(10)13)14-7-9(15)6-12(14)16/h2-5,8-9,15H,6-7H2,1H3. The molecule has 1 heterocycles. The fourth-order valence-electron chi connectivity index (χ4n) is 2.07.